The van der Waals surface area contributed by atoms with Crippen molar-refractivity contribution >= 4 is 50.6 Å². The molecule has 2 aromatic heterocycles. The molecule has 3 aromatic carbocycles. The molecule has 5 aromatic rings. The average Bonchev–Trinajstić information content (AvgIpc) is 3.12. The van der Waals surface area contributed by atoms with Gasteiger partial charge in [0.2, 0.25) is 0 Å². The third-order valence-electron chi connectivity index (χ3n) is 5.87. The molecule has 0 aliphatic carbocycles. The van der Waals surface area contributed by atoms with Crippen molar-refractivity contribution in [3.63, 3.8) is 0 Å². The zero-order valence-corrected chi connectivity index (χ0v) is 20.5. The molecular formula is C29H27NSe. The van der Waals surface area contributed by atoms with Gasteiger partial charge in [0.25, 0.3) is 0 Å². The average molecular weight is 469 g/mol. The molecule has 154 valence electrons. The zero-order chi connectivity index (χ0) is 21.8. The van der Waals surface area contributed by atoms with Crippen molar-refractivity contribution < 1.29 is 0 Å². The van der Waals surface area contributed by atoms with Gasteiger partial charge >= 0.3 is 190 Å². The molecule has 0 unspecified atom stereocenters. The fourth-order valence-corrected chi connectivity index (χ4v) is 7.00. The van der Waals surface area contributed by atoms with Crippen LogP contribution in [0.15, 0.2) is 72.4 Å². The van der Waals surface area contributed by atoms with Crippen LogP contribution in [-0.2, 0) is 5.41 Å². The summed E-state index contributed by atoms with van der Waals surface area (Å²) < 4.78 is 2.90. The summed E-state index contributed by atoms with van der Waals surface area (Å²) in [6, 6.07) is 22.4. The SMILES string of the molecule is CC(C)=Cc1cccc2c1[se]c1c(-c3cc(C(C)(C)C)cc4ccccc34)nccc12. The Bertz CT molecular complexity index is 1470. The molecule has 2 heteroatoms. The third kappa shape index (κ3) is 3.54. The molecule has 0 saturated carbocycles. The van der Waals surface area contributed by atoms with E-state index in [0.29, 0.717) is 0 Å². The number of hydrogen-bond donors (Lipinski definition) is 0. The molecule has 5 rings (SSSR count). The number of hydrogen-bond acceptors (Lipinski definition) is 1. The summed E-state index contributed by atoms with van der Waals surface area (Å²) >= 11 is 0.232. The predicted molar refractivity (Wildman–Crippen MR) is 137 cm³/mol. The summed E-state index contributed by atoms with van der Waals surface area (Å²) in [6.45, 7) is 11.2. The van der Waals surface area contributed by atoms with Crippen LogP contribution in [-0.4, -0.2) is 19.5 Å². The Labute approximate surface area is 190 Å². The number of aromatic nitrogens is 1. The molecule has 0 amide bonds. The van der Waals surface area contributed by atoms with Crippen molar-refractivity contribution in [3.8, 4) is 11.3 Å². The Balaban J connectivity index is 1.88. The van der Waals surface area contributed by atoms with Gasteiger partial charge in [0.1, 0.15) is 0 Å². The van der Waals surface area contributed by atoms with E-state index >= 15 is 0 Å². The van der Waals surface area contributed by atoms with Gasteiger partial charge < -0.3 is 0 Å². The van der Waals surface area contributed by atoms with Crippen LogP contribution in [0.4, 0.5) is 0 Å². The summed E-state index contributed by atoms with van der Waals surface area (Å²) in [7, 11) is 0. The van der Waals surface area contributed by atoms with E-state index in [0.717, 1.165) is 5.69 Å². The van der Waals surface area contributed by atoms with E-state index in [1.165, 1.54) is 52.3 Å². The van der Waals surface area contributed by atoms with Crippen molar-refractivity contribution in [1.29, 1.82) is 0 Å². The first-order chi connectivity index (χ1) is 14.8. The Morgan fingerprint density at radius 1 is 0.839 bits per heavy atom. The van der Waals surface area contributed by atoms with E-state index < -0.39 is 0 Å². The van der Waals surface area contributed by atoms with Crippen molar-refractivity contribution in [1.82, 2.24) is 4.98 Å². The summed E-state index contributed by atoms with van der Waals surface area (Å²) in [5.41, 5.74) is 6.54. The van der Waals surface area contributed by atoms with Gasteiger partial charge in [-0.25, -0.2) is 0 Å². The van der Waals surface area contributed by atoms with Crippen LogP contribution in [0.25, 0.3) is 47.4 Å². The second-order valence-corrected chi connectivity index (χ2v) is 11.7. The van der Waals surface area contributed by atoms with E-state index in [9.17, 15) is 0 Å². The van der Waals surface area contributed by atoms with E-state index in [2.05, 4.69) is 101 Å². The summed E-state index contributed by atoms with van der Waals surface area (Å²) in [5.74, 6) is 0. The third-order valence-corrected chi connectivity index (χ3v) is 8.55. The first-order valence-corrected chi connectivity index (χ1v) is 12.5. The van der Waals surface area contributed by atoms with E-state index in [1.807, 2.05) is 6.20 Å². The normalized spacial score (nSPS) is 12.0. The molecule has 0 N–H and O–H groups in total. The van der Waals surface area contributed by atoms with Gasteiger partial charge in [0.15, 0.2) is 0 Å². The maximum absolute atomic E-state index is 4.97. The van der Waals surface area contributed by atoms with E-state index in [1.54, 1.807) is 0 Å². The summed E-state index contributed by atoms with van der Waals surface area (Å²) in [4.78, 5) is 4.97. The standard InChI is InChI=1S/C29H27NSe/c1-18(2)15-20-10-8-12-23-24-13-14-30-26(28(24)31-27(20)23)25-17-21(29(3,4)5)16-19-9-6-7-11-22(19)25/h6-17H,1-5H3. The fourth-order valence-electron chi connectivity index (χ4n) is 4.30. The molecular weight excluding hydrogens is 441 g/mol. The van der Waals surface area contributed by atoms with Gasteiger partial charge in [-0.3, -0.25) is 0 Å². The molecule has 0 radical (unpaired) electrons. The van der Waals surface area contributed by atoms with E-state index in [4.69, 9.17) is 4.98 Å². The quantitative estimate of drug-likeness (QED) is 0.239. The molecule has 0 atom stereocenters. The first kappa shape index (κ1) is 20.2. The molecule has 0 aliphatic rings. The fraction of sp³-hybridized carbons (Fsp3) is 0.207. The van der Waals surface area contributed by atoms with Crippen LogP contribution in [0.5, 0.6) is 0 Å². The van der Waals surface area contributed by atoms with Crippen LogP contribution >= 0.6 is 0 Å². The number of fused-ring (bicyclic) bond motifs is 4. The van der Waals surface area contributed by atoms with Crippen LogP contribution < -0.4 is 0 Å². The molecule has 0 fully saturated rings. The van der Waals surface area contributed by atoms with Gasteiger partial charge in [-0.1, -0.05) is 0 Å². The Morgan fingerprint density at radius 2 is 1.58 bits per heavy atom. The number of pyridine rings is 1. The summed E-state index contributed by atoms with van der Waals surface area (Å²) in [5, 5.41) is 5.31. The van der Waals surface area contributed by atoms with Crippen molar-refractivity contribution in [3.05, 3.63) is 83.6 Å². The summed E-state index contributed by atoms with van der Waals surface area (Å²) in [6.07, 6.45) is 4.31. The Kier molecular flexibility index (Phi) is 4.88. The number of benzene rings is 3. The van der Waals surface area contributed by atoms with E-state index in [-0.39, 0.29) is 19.9 Å². The van der Waals surface area contributed by atoms with Crippen LogP contribution in [0.1, 0.15) is 45.7 Å². The van der Waals surface area contributed by atoms with Crippen LogP contribution in [0, 0.1) is 0 Å². The molecule has 0 spiro atoms. The van der Waals surface area contributed by atoms with Gasteiger partial charge in [0.05, 0.1) is 0 Å². The van der Waals surface area contributed by atoms with Crippen LogP contribution in [0.2, 0.25) is 0 Å². The monoisotopic (exact) mass is 469 g/mol. The Morgan fingerprint density at radius 3 is 2.35 bits per heavy atom. The van der Waals surface area contributed by atoms with Gasteiger partial charge in [-0.15, -0.1) is 0 Å². The van der Waals surface area contributed by atoms with Crippen LogP contribution in [0.3, 0.4) is 0 Å². The number of nitrogens with zero attached hydrogens (tertiary/aromatic N) is 1. The molecule has 2 heterocycles. The number of allylic oxidation sites excluding steroid dienone is 1. The van der Waals surface area contributed by atoms with Gasteiger partial charge in [-0.05, 0) is 0 Å². The van der Waals surface area contributed by atoms with Gasteiger partial charge in [0, 0.05) is 0 Å². The maximum atomic E-state index is 4.97. The van der Waals surface area contributed by atoms with Gasteiger partial charge in [-0.2, -0.15) is 0 Å². The second-order valence-electron chi connectivity index (χ2n) is 9.58. The topological polar surface area (TPSA) is 12.9 Å². The van der Waals surface area contributed by atoms with Crippen molar-refractivity contribution in [2.45, 2.75) is 40.0 Å². The second kappa shape index (κ2) is 7.48. The van der Waals surface area contributed by atoms with Crippen molar-refractivity contribution in [2.75, 3.05) is 0 Å². The minimum atomic E-state index is 0.0848. The molecule has 0 aliphatic heterocycles. The first-order valence-electron chi connectivity index (χ1n) is 10.8. The predicted octanol–water partition coefficient (Wildman–Crippen LogP) is 7.99. The number of rotatable bonds is 2. The van der Waals surface area contributed by atoms with Crippen molar-refractivity contribution in [2.24, 2.45) is 0 Å². The molecule has 31 heavy (non-hydrogen) atoms. The molecule has 1 nitrogen and oxygen atoms in total. The zero-order valence-electron chi connectivity index (χ0n) is 18.8. The Hall–Kier alpha value is -2.67. The molecule has 0 bridgehead atoms. The minimum absolute atomic E-state index is 0.0848. The molecule has 0 saturated heterocycles.